The lowest BCUT2D eigenvalue weighted by molar-refractivity contribution is 0.0292. The van der Waals surface area contributed by atoms with Gasteiger partial charge >= 0.3 is 6.09 Å². The lowest BCUT2D eigenvalue weighted by Crippen LogP contribution is -2.35. The van der Waals surface area contributed by atoms with Gasteiger partial charge in [-0.15, -0.1) is 0 Å². The number of likely N-dealkylation sites (tertiary alicyclic amines) is 1. The van der Waals surface area contributed by atoms with E-state index in [1.165, 1.54) is 0 Å². The first-order chi connectivity index (χ1) is 7.96. The van der Waals surface area contributed by atoms with Crippen LogP contribution in [0.1, 0.15) is 38.7 Å². The Morgan fingerprint density at radius 3 is 2.88 bits per heavy atom. The molecule has 2 rings (SSSR count). The first-order valence-electron chi connectivity index (χ1n) is 5.96. The summed E-state index contributed by atoms with van der Waals surface area (Å²) in [6.45, 7) is 7.12. The number of rotatable bonds is 1. The number of hydrogen-bond acceptors (Lipinski definition) is 3. The minimum atomic E-state index is -0.426. The van der Waals surface area contributed by atoms with Crippen molar-refractivity contribution in [3.63, 3.8) is 0 Å². The highest BCUT2D eigenvalue weighted by atomic mass is 16.6. The summed E-state index contributed by atoms with van der Waals surface area (Å²) in [6, 6.07) is 1.96. The molecular formula is C13H19NO3. The third-order valence-electron chi connectivity index (χ3n) is 2.85. The molecule has 0 spiro atoms. The lowest BCUT2D eigenvalue weighted by Gasteiger charge is -2.24. The largest absolute Gasteiger partial charge is 0.472 e. The molecule has 1 atom stereocenters. The predicted molar refractivity (Wildman–Crippen MR) is 63.9 cm³/mol. The number of nitrogens with zero attached hydrogens (tertiary/aromatic N) is 1. The quantitative estimate of drug-likeness (QED) is 0.754. The number of amides is 1. The van der Waals surface area contributed by atoms with Gasteiger partial charge in [0.15, 0.2) is 0 Å². The van der Waals surface area contributed by atoms with Gasteiger partial charge in [-0.25, -0.2) is 4.79 Å². The number of carbonyl (C=O) groups is 1. The van der Waals surface area contributed by atoms with Crippen molar-refractivity contribution >= 4 is 6.09 Å². The van der Waals surface area contributed by atoms with E-state index in [0.717, 1.165) is 18.5 Å². The Morgan fingerprint density at radius 2 is 2.29 bits per heavy atom. The molecule has 1 amide bonds. The summed E-state index contributed by atoms with van der Waals surface area (Å²) in [5, 5.41) is 0. The molecule has 94 valence electrons. The van der Waals surface area contributed by atoms with Crippen molar-refractivity contribution in [1.29, 1.82) is 0 Å². The van der Waals surface area contributed by atoms with Gasteiger partial charge in [-0.1, -0.05) is 0 Å². The summed E-state index contributed by atoms with van der Waals surface area (Å²) in [5.74, 6) is 0.376. The van der Waals surface area contributed by atoms with Crippen molar-refractivity contribution in [2.24, 2.45) is 0 Å². The summed E-state index contributed by atoms with van der Waals surface area (Å²) in [4.78, 5) is 13.6. The van der Waals surface area contributed by atoms with Crippen LogP contribution in [0.5, 0.6) is 0 Å². The second-order valence-corrected chi connectivity index (χ2v) is 5.47. The van der Waals surface area contributed by atoms with Gasteiger partial charge in [0.1, 0.15) is 5.60 Å². The molecule has 0 N–H and O–H groups in total. The highest BCUT2D eigenvalue weighted by Gasteiger charge is 2.30. The average molecular weight is 237 g/mol. The first-order valence-corrected chi connectivity index (χ1v) is 5.96. The fraction of sp³-hybridized carbons (Fsp3) is 0.615. The molecule has 1 unspecified atom stereocenters. The monoisotopic (exact) mass is 237 g/mol. The van der Waals surface area contributed by atoms with Gasteiger partial charge in [0.25, 0.3) is 0 Å². The summed E-state index contributed by atoms with van der Waals surface area (Å²) in [5.41, 5.74) is 0.737. The van der Waals surface area contributed by atoms with Gasteiger partial charge in [-0.05, 0) is 38.8 Å². The Morgan fingerprint density at radius 1 is 1.53 bits per heavy atom. The van der Waals surface area contributed by atoms with Crippen LogP contribution in [0.25, 0.3) is 0 Å². The van der Waals surface area contributed by atoms with Crippen LogP contribution in [0.3, 0.4) is 0 Å². The number of hydrogen-bond donors (Lipinski definition) is 0. The molecule has 1 aromatic heterocycles. The summed E-state index contributed by atoms with van der Waals surface area (Å²) in [7, 11) is 0. The van der Waals surface area contributed by atoms with Gasteiger partial charge in [0, 0.05) is 19.0 Å². The molecule has 4 heteroatoms. The van der Waals surface area contributed by atoms with Crippen LogP contribution in [0.2, 0.25) is 0 Å². The highest BCUT2D eigenvalue weighted by molar-refractivity contribution is 5.68. The molecule has 1 aliphatic rings. The highest BCUT2D eigenvalue weighted by Crippen LogP contribution is 2.28. The molecular weight excluding hydrogens is 218 g/mol. The van der Waals surface area contributed by atoms with E-state index in [-0.39, 0.29) is 6.09 Å². The summed E-state index contributed by atoms with van der Waals surface area (Å²) < 4.78 is 10.4. The van der Waals surface area contributed by atoms with Crippen LogP contribution in [-0.2, 0) is 4.74 Å². The SMILES string of the molecule is CC(C)(C)OC(=O)N1CCC(c2ccoc2)C1. The van der Waals surface area contributed by atoms with Crippen LogP contribution >= 0.6 is 0 Å². The van der Waals surface area contributed by atoms with Crippen LogP contribution in [0.15, 0.2) is 23.0 Å². The zero-order valence-electron chi connectivity index (χ0n) is 10.6. The Hall–Kier alpha value is -1.45. The Kier molecular flexibility index (Phi) is 3.13. The minimum Gasteiger partial charge on any atom is -0.472 e. The van der Waals surface area contributed by atoms with E-state index in [4.69, 9.17) is 9.15 Å². The summed E-state index contributed by atoms with van der Waals surface area (Å²) in [6.07, 6.45) is 4.18. The van der Waals surface area contributed by atoms with Crippen LogP contribution in [0.4, 0.5) is 4.79 Å². The first kappa shape index (κ1) is 12.0. The molecule has 1 aliphatic heterocycles. The van der Waals surface area contributed by atoms with E-state index in [1.54, 1.807) is 17.4 Å². The molecule has 0 aliphatic carbocycles. The molecule has 4 nitrogen and oxygen atoms in total. The van der Waals surface area contributed by atoms with Crippen molar-refractivity contribution in [3.8, 4) is 0 Å². The van der Waals surface area contributed by atoms with Crippen LogP contribution in [-0.4, -0.2) is 29.7 Å². The maximum Gasteiger partial charge on any atom is 0.410 e. The Balaban J connectivity index is 1.92. The maximum atomic E-state index is 11.9. The number of furan rings is 1. The Bertz CT molecular complexity index is 378. The molecule has 0 bridgehead atoms. The van der Waals surface area contributed by atoms with Gasteiger partial charge < -0.3 is 14.1 Å². The zero-order valence-corrected chi connectivity index (χ0v) is 10.6. The van der Waals surface area contributed by atoms with Crippen LogP contribution in [0, 0.1) is 0 Å². The number of carbonyl (C=O) groups excluding carboxylic acids is 1. The minimum absolute atomic E-state index is 0.219. The normalized spacial score (nSPS) is 20.6. The molecule has 0 aromatic carbocycles. The summed E-state index contributed by atoms with van der Waals surface area (Å²) >= 11 is 0. The molecule has 17 heavy (non-hydrogen) atoms. The smallest absolute Gasteiger partial charge is 0.410 e. The van der Waals surface area contributed by atoms with Gasteiger partial charge in [-0.3, -0.25) is 0 Å². The van der Waals surface area contributed by atoms with E-state index in [1.807, 2.05) is 26.8 Å². The van der Waals surface area contributed by atoms with E-state index in [2.05, 4.69) is 0 Å². The zero-order chi connectivity index (χ0) is 12.5. The van der Waals surface area contributed by atoms with Crippen molar-refractivity contribution in [3.05, 3.63) is 24.2 Å². The fourth-order valence-electron chi connectivity index (χ4n) is 2.03. The van der Waals surface area contributed by atoms with Crippen molar-refractivity contribution < 1.29 is 13.9 Å². The van der Waals surface area contributed by atoms with E-state index in [9.17, 15) is 4.79 Å². The molecule has 1 saturated heterocycles. The maximum absolute atomic E-state index is 11.9. The lowest BCUT2D eigenvalue weighted by atomic mass is 10.0. The second-order valence-electron chi connectivity index (χ2n) is 5.47. The van der Waals surface area contributed by atoms with Crippen LogP contribution < -0.4 is 0 Å². The fourth-order valence-corrected chi connectivity index (χ4v) is 2.03. The van der Waals surface area contributed by atoms with Gasteiger partial charge in [-0.2, -0.15) is 0 Å². The van der Waals surface area contributed by atoms with Crippen molar-refractivity contribution in [1.82, 2.24) is 4.90 Å². The van der Waals surface area contributed by atoms with Crippen molar-refractivity contribution in [2.45, 2.75) is 38.7 Å². The standard InChI is InChI=1S/C13H19NO3/c1-13(2,3)17-12(15)14-6-4-10(8-14)11-5-7-16-9-11/h5,7,9-10H,4,6,8H2,1-3H3. The Labute approximate surface area is 102 Å². The predicted octanol–water partition coefficient (Wildman–Crippen LogP) is 3.00. The third kappa shape index (κ3) is 3.02. The third-order valence-corrected chi connectivity index (χ3v) is 2.85. The van der Waals surface area contributed by atoms with E-state index in [0.29, 0.717) is 12.5 Å². The molecule has 1 aromatic rings. The average Bonchev–Trinajstić information content (AvgIpc) is 2.86. The van der Waals surface area contributed by atoms with Gasteiger partial charge in [0.05, 0.1) is 12.5 Å². The van der Waals surface area contributed by atoms with Gasteiger partial charge in [0.2, 0.25) is 0 Å². The molecule has 2 heterocycles. The number of ether oxygens (including phenoxy) is 1. The topological polar surface area (TPSA) is 42.7 Å². The molecule has 0 radical (unpaired) electrons. The van der Waals surface area contributed by atoms with E-state index < -0.39 is 5.60 Å². The molecule has 1 fully saturated rings. The van der Waals surface area contributed by atoms with Crippen molar-refractivity contribution in [2.75, 3.05) is 13.1 Å². The molecule has 0 saturated carbocycles. The van der Waals surface area contributed by atoms with E-state index >= 15 is 0 Å². The second kappa shape index (κ2) is 4.43.